The normalized spacial score (nSPS) is 11.5. The van der Waals surface area contributed by atoms with Crippen LogP contribution >= 0.6 is 0 Å². The summed E-state index contributed by atoms with van der Waals surface area (Å²) in [6.07, 6.45) is 3.32. The monoisotopic (exact) mass is 291 g/mol. The molecule has 1 rings (SSSR count). The van der Waals surface area contributed by atoms with Gasteiger partial charge in [-0.15, -0.1) is 0 Å². The van der Waals surface area contributed by atoms with E-state index in [-0.39, 0.29) is 0 Å². The van der Waals surface area contributed by atoms with Crippen LogP contribution in [0.1, 0.15) is 37.3 Å². The SMILES string of the molecule is CCCCNC(=NCc1ccc(C)cc1)NCCCOC. The number of aliphatic imine (C=N–C) groups is 1. The van der Waals surface area contributed by atoms with E-state index in [1.807, 2.05) is 0 Å². The van der Waals surface area contributed by atoms with E-state index in [0.29, 0.717) is 6.54 Å². The first kappa shape index (κ1) is 17.5. The van der Waals surface area contributed by atoms with Gasteiger partial charge in [0.25, 0.3) is 0 Å². The number of ether oxygens (including phenoxy) is 1. The van der Waals surface area contributed by atoms with Gasteiger partial charge in [0.15, 0.2) is 5.96 Å². The zero-order valence-electron chi connectivity index (χ0n) is 13.6. The molecule has 0 radical (unpaired) electrons. The van der Waals surface area contributed by atoms with Crippen LogP contribution in [-0.2, 0) is 11.3 Å². The number of methoxy groups -OCH3 is 1. The maximum atomic E-state index is 5.06. The first-order valence-electron chi connectivity index (χ1n) is 7.83. The third-order valence-corrected chi connectivity index (χ3v) is 3.18. The Morgan fingerprint density at radius 1 is 1.10 bits per heavy atom. The van der Waals surface area contributed by atoms with Gasteiger partial charge in [-0.1, -0.05) is 43.2 Å². The molecule has 2 N–H and O–H groups in total. The number of hydrogen-bond donors (Lipinski definition) is 2. The van der Waals surface area contributed by atoms with E-state index >= 15 is 0 Å². The maximum Gasteiger partial charge on any atom is 0.191 e. The van der Waals surface area contributed by atoms with Crippen molar-refractivity contribution in [2.75, 3.05) is 26.8 Å². The fraction of sp³-hybridized carbons (Fsp3) is 0.588. The predicted octanol–water partition coefficient (Wildman–Crippen LogP) is 2.87. The van der Waals surface area contributed by atoms with Gasteiger partial charge in [-0.05, 0) is 25.3 Å². The number of hydrogen-bond acceptors (Lipinski definition) is 2. The molecule has 0 fully saturated rings. The number of guanidine groups is 1. The largest absolute Gasteiger partial charge is 0.385 e. The molecular formula is C17H29N3O. The van der Waals surface area contributed by atoms with Crippen molar-refractivity contribution in [2.45, 2.75) is 39.7 Å². The second-order valence-electron chi connectivity index (χ2n) is 5.20. The number of aryl methyl sites for hydroxylation is 1. The Labute approximate surface area is 129 Å². The molecular weight excluding hydrogens is 262 g/mol. The van der Waals surface area contributed by atoms with Gasteiger partial charge >= 0.3 is 0 Å². The lowest BCUT2D eigenvalue weighted by Gasteiger charge is -2.12. The van der Waals surface area contributed by atoms with Gasteiger partial charge in [-0.3, -0.25) is 0 Å². The first-order valence-corrected chi connectivity index (χ1v) is 7.83. The van der Waals surface area contributed by atoms with Crippen LogP contribution < -0.4 is 10.6 Å². The number of nitrogens with one attached hydrogen (secondary N) is 2. The van der Waals surface area contributed by atoms with E-state index < -0.39 is 0 Å². The van der Waals surface area contributed by atoms with Crippen LogP contribution in [0.5, 0.6) is 0 Å². The zero-order valence-corrected chi connectivity index (χ0v) is 13.6. The van der Waals surface area contributed by atoms with Crippen molar-refractivity contribution in [3.63, 3.8) is 0 Å². The number of unbranched alkanes of at least 4 members (excludes halogenated alkanes) is 1. The van der Waals surface area contributed by atoms with Gasteiger partial charge in [0.05, 0.1) is 6.54 Å². The summed E-state index contributed by atoms with van der Waals surface area (Å²) in [5.41, 5.74) is 2.51. The molecule has 21 heavy (non-hydrogen) atoms. The van der Waals surface area contributed by atoms with Crippen molar-refractivity contribution in [1.82, 2.24) is 10.6 Å². The quantitative estimate of drug-likeness (QED) is 0.418. The molecule has 1 aromatic rings. The third kappa shape index (κ3) is 8.35. The molecule has 4 heteroatoms. The van der Waals surface area contributed by atoms with Gasteiger partial charge in [0.1, 0.15) is 0 Å². The van der Waals surface area contributed by atoms with E-state index in [2.05, 4.69) is 53.7 Å². The summed E-state index contributed by atoms with van der Waals surface area (Å²) >= 11 is 0. The second kappa shape index (κ2) is 11.1. The van der Waals surface area contributed by atoms with E-state index in [1.54, 1.807) is 7.11 Å². The molecule has 118 valence electrons. The molecule has 0 aromatic heterocycles. The molecule has 0 saturated carbocycles. The van der Waals surface area contributed by atoms with Gasteiger partial charge in [0.2, 0.25) is 0 Å². The standard InChI is InChI=1S/C17H29N3O/c1-4-5-11-18-17(19-12-6-13-21-3)20-14-16-9-7-15(2)8-10-16/h7-10H,4-6,11-14H2,1-3H3,(H2,18,19,20). The van der Waals surface area contributed by atoms with Crippen LogP contribution in [0.25, 0.3) is 0 Å². The van der Waals surface area contributed by atoms with E-state index in [0.717, 1.165) is 38.5 Å². The van der Waals surface area contributed by atoms with Crippen molar-refractivity contribution in [2.24, 2.45) is 4.99 Å². The van der Waals surface area contributed by atoms with Crippen LogP contribution in [0, 0.1) is 6.92 Å². The Balaban J connectivity index is 2.47. The van der Waals surface area contributed by atoms with Crippen LogP contribution in [0.4, 0.5) is 0 Å². The summed E-state index contributed by atoms with van der Waals surface area (Å²) in [7, 11) is 1.73. The van der Waals surface area contributed by atoms with Gasteiger partial charge < -0.3 is 15.4 Å². The Hall–Kier alpha value is -1.55. The first-order chi connectivity index (χ1) is 10.3. The van der Waals surface area contributed by atoms with Gasteiger partial charge in [0, 0.05) is 26.8 Å². The average Bonchev–Trinajstić information content (AvgIpc) is 2.50. The smallest absolute Gasteiger partial charge is 0.191 e. The highest BCUT2D eigenvalue weighted by molar-refractivity contribution is 5.79. The highest BCUT2D eigenvalue weighted by Crippen LogP contribution is 2.04. The molecule has 0 spiro atoms. The Bertz CT molecular complexity index is 401. The number of benzene rings is 1. The molecule has 0 atom stereocenters. The lowest BCUT2D eigenvalue weighted by atomic mass is 10.1. The molecule has 0 unspecified atom stereocenters. The zero-order chi connectivity index (χ0) is 15.3. The topological polar surface area (TPSA) is 45.7 Å². The summed E-state index contributed by atoms with van der Waals surface area (Å²) in [6, 6.07) is 8.52. The lowest BCUT2D eigenvalue weighted by molar-refractivity contribution is 0.195. The highest BCUT2D eigenvalue weighted by atomic mass is 16.5. The van der Waals surface area contributed by atoms with Crippen molar-refractivity contribution in [1.29, 1.82) is 0 Å². The summed E-state index contributed by atoms with van der Waals surface area (Å²) in [5, 5.41) is 6.73. The van der Waals surface area contributed by atoms with E-state index in [9.17, 15) is 0 Å². The lowest BCUT2D eigenvalue weighted by Crippen LogP contribution is -2.38. The minimum Gasteiger partial charge on any atom is -0.385 e. The minimum absolute atomic E-state index is 0.700. The highest BCUT2D eigenvalue weighted by Gasteiger charge is 1.98. The Kier molecular flexibility index (Phi) is 9.29. The molecule has 0 amide bonds. The second-order valence-corrected chi connectivity index (χ2v) is 5.20. The Morgan fingerprint density at radius 3 is 2.38 bits per heavy atom. The van der Waals surface area contributed by atoms with Crippen molar-refractivity contribution in [3.8, 4) is 0 Å². The van der Waals surface area contributed by atoms with Crippen LogP contribution in [0.2, 0.25) is 0 Å². The average molecular weight is 291 g/mol. The fourth-order valence-corrected chi connectivity index (χ4v) is 1.84. The van der Waals surface area contributed by atoms with Gasteiger partial charge in [-0.25, -0.2) is 4.99 Å². The van der Waals surface area contributed by atoms with Crippen molar-refractivity contribution < 1.29 is 4.74 Å². The van der Waals surface area contributed by atoms with Crippen LogP contribution in [-0.4, -0.2) is 32.8 Å². The molecule has 1 aromatic carbocycles. The maximum absolute atomic E-state index is 5.06. The van der Waals surface area contributed by atoms with Crippen LogP contribution in [0.3, 0.4) is 0 Å². The molecule has 0 heterocycles. The molecule has 0 aliphatic rings. The molecule has 0 aliphatic carbocycles. The summed E-state index contributed by atoms with van der Waals surface area (Å²) < 4.78 is 5.06. The minimum atomic E-state index is 0.700. The third-order valence-electron chi connectivity index (χ3n) is 3.18. The van der Waals surface area contributed by atoms with E-state index in [4.69, 9.17) is 4.74 Å². The molecule has 4 nitrogen and oxygen atoms in total. The fourth-order valence-electron chi connectivity index (χ4n) is 1.84. The summed E-state index contributed by atoms with van der Waals surface area (Å²) in [6.45, 7) is 7.60. The van der Waals surface area contributed by atoms with E-state index in [1.165, 1.54) is 17.5 Å². The molecule has 0 saturated heterocycles. The predicted molar refractivity (Wildman–Crippen MR) is 89.7 cm³/mol. The molecule has 0 aliphatic heterocycles. The number of nitrogens with zero attached hydrogens (tertiary/aromatic N) is 1. The summed E-state index contributed by atoms with van der Waals surface area (Å²) in [5.74, 6) is 0.889. The summed E-state index contributed by atoms with van der Waals surface area (Å²) in [4.78, 5) is 4.65. The van der Waals surface area contributed by atoms with Crippen molar-refractivity contribution >= 4 is 5.96 Å². The number of rotatable bonds is 9. The van der Waals surface area contributed by atoms with Crippen LogP contribution in [0.15, 0.2) is 29.3 Å². The van der Waals surface area contributed by atoms with Crippen molar-refractivity contribution in [3.05, 3.63) is 35.4 Å². The molecule has 0 bridgehead atoms. The van der Waals surface area contributed by atoms with Gasteiger partial charge in [-0.2, -0.15) is 0 Å². The Morgan fingerprint density at radius 2 is 1.76 bits per heavy atom.